The Balaban J connectivity index is 1.81. The zero-order valence-electron chi connectivity index (χ0n) is 11.6. The standard InChI is InChI=1S/C14H15Cl2N3O3/c15-11-4-1-5-12(16)10(11)8-18-19-14(21)13(20)17-7-9-3-2-6-22-9/h1,4-5,8-9H,2-3,6-7H2,(H,17,20)(H,19,21)/b18-8-/t9-/m0/s1. The number of nitrogens with one attached hydrogen (secondary N) is 2. The molecule has 0 aliphatic carbocycles. The summed E-state index contributed by atoms with van der Waals surface area (Å²) in [6.45, 7) is 1.00. The van der Waals surface area contributed by atoms with Gasteiger partial charge in [0.1, 0.15) is 0 Å². The Hall–Kier alpha value is -1.63. The molecule has 118 valence electrons. The van der Waals surface area contributed by atoms with Crippen LogP contribution in [0.25, 0.3) is 0 Å². The molecule has 1 saturated heterocycles. The monoisotopic (exact) mass is 343 g/mol. The average molecular weight is 344 g/mol. The second-order valence-corrected chi connectivity index (χ2v) is 5.49. The summed E-state index contributed by atoms with van der Waals surface area (Å²) < 4.78 is 5.34. The van der Waals surface area contributed by atoms with Crippen molar-refractivity contribution in [2.24, 2.45) is 5.10 Å². The smallest absolute Gasteiger partial charge is 0.329 e. The highest BCUT2D eigenvalue weighted by Crippen LogP contribution is 2.21. The molecule has 2 amide bonds. The van der Waals surface area contributed by atoms with Gasteiger partial charge in [0, 0.05) is 18.7 Å². The summed E-state index contributed by atoms with van der Waals surface area (Å²) in [6, 6.07) is 4.98. The van der Waals surface area contributed by atoms with E-state index in [1.54, 1.807) is 18.2 Å². The SMILES string of the molecule is O=C(NC[C@@H]1CCCO1)C(=O)N/N=C\c1c(Cl)cccc1Cl. The van der Waals surface area contributed by atoms with Crippen molar-refractivity contribution in [1.29, 1.82) is 0 Å². The van der Waals surface area contributed by atoms with Crippen LogP contribution < -0.4 is 10.7 Å². The maximum Gasteiger partial charge on any atom is 0.329 e. The van der Waals surface area contributed by atoms with Crippen LogP contribution in [0.3, 0.4) is 0 Å². The highest BCUT2D eigenvalue weighted by molar-refractivity contribution is 6.38. The van der Waals surface area contributed by atoms with Gasteiger partial charge in [-0.2, -0.15) is 5.10 Å². The zero-order chi connectivity index (χ0) is 15.9. The topological polar surface area (TPSA) is 79.8 Å². The van der Waals surface area contributed by atoms with E-state index >= 15 is 0 Å². The Bertz CT molecular complexity index is 566. The first-order valence-corrected chi connectivity index (χ1v) is 7.50. The maximum atomic E-state index is 11.6. The number of nitrogens with zero attached hydrogens (tertiary/aromatic N) is 1. The lowest BCUT2D eigenvalue weighted by molar-refractivity contribution is -0.139. The quantitative estimate of drug-likeness (QED) is 0.496. The molecular formula is C14H15Cl2N3O3. The molecule has 1 heterocycles. The molecule has 6 nitrogen and oxygen atoms in total. The first-order valence-electron chi connectivity index (χ1n) is 6.75. The lowest BCUT2D eigenvalue weighted by Crippen LogP contribution is -2.41. The number of amides is 2. The molecule has 0 radical (unpaired) electrons. The number of carbonyl (C=O) groups is 2. The number of hydrogen-bond acceptors (Lipinski definition) is 4. The van der Waals surface area contributed by atoms with Gasteiger partial charge >= 0.3 is 11.8 Å². The third-order valence-corrected chi connectivity index (χ3v) is 3.74. The van der Waals surface area contributed by atoms with E-state index in [9.17, 15) is 9.59 Å². The summed E-state index contributed by atoms with van der Waals surface area (Å²) in [5.74, 6) is -1.63. The molecule has 0 aromatic heterocycles. The van der Waals surface area contributed by atoms with Crippen LogP contribution in [0, 0.1) is 0 Å². The molecule has 0 unspecified atom stereocenters. The molecule has 0 saturated carbocycles. The highest BCUT2D eigenvalue weighted by atomic mass is 35.5. The van der Waals surface area contributed by atoms with E-state index < -0.39 is 11.8 Å². The van der Waals surface area contributed by atoms with Gasteiger partial charge in [-0.25, -0.2) is 5.43 Å². The number of hydrogen-bond donors (Lipinski definition) is 2. The summed E-state index contributed by atoms with van der Waals surface area (Å²) in [5, 5.41) is 6.97. The Morgan fingerprint density at radius 2 is 2.05 bits per heavy atom. The van der Waals surface area contributed by atoms with E-state index in [1.807, 2.05) is 0 Å². The highest BCUT2D eigenvalue weighted by Gasteiger charge is 2.18. The molecule has 1 aromatic rings. The van der Waals surface area contributed by atoms with Crippen LogP contribution in [-0.2, 0) is 14.3 Å². The number of benzene rings is 1. The minimum Gasteiger partial charge on any atom is -0.376 e. The third kappa shape index (κ3) is 4.69. The van der Waals surface area contributed by atoms with Crippen molar-refractivity contribution in [3.05, 3.63) is 33.8 Å². The van der Waals surface area contributed by atoms with Crippen LogP contribution in [0.15, 0.2) is 23.3 Å². The fraction of sp³-hybridized carbons (Fsp3) is 0.357. The maximum absolute atomic E-state index is 11.6. The van der Waals surface area contributed by atoms with E-state index in [4.69, 9.17) is 27.9 Å². The Morgan fingerprint density at radius 1 is 1.32 bits per heavy atom. The molecule has 8 heteroatoms. The fourth-order valence-electron chi connectivity index (χ4n) is 1.93. The summed E-state index contributed by atoms with van der Waals surface area (Å²) in [7, 11) is 0. The van der Waals surface area contributed by atoms with Crippen LogP contribution in [0.4, 0.5) is 0 Å². The van der Waals surface area contributed by atoms with Gasteiger partial charge in [-0.05, 0) is 25.0 Å². The third-order valence-electron chi connectivity index (χ3n) is 3.08. The molecular weight excluding hydrogens is 329 g/mol. The van der Waals surface area contributed by atoms with E-state index in [2.05, 4.69) is 15.8 Å². The molecule has 1 atom stereocenters. The van der Waals surface area contributed by atoms with Gasteiger partial charge in [0.25, 0.3) is 0 Å². The summed E-state index contributed by atoms with van der Waals surface area (Å²) in [6.07, 6.45) is 3.11. The Labute approximate surface area is 137 Å². The molecule has 1 fully saturated rings. The fourth-order valence-corrected chi connectivity index (χ4v) is 2.43. The van der Waals surface area contributed by atoms with Crippen molar-refractivity contribution in [2.75, 3.05) is 13.2 Å². The normalized spacial score (nSPS) is 17.6. The van der Waals surface area contributed by atoms with Gasteiger partial charge in [-0.3, -0.25) is 9.59 Å². The lowest BCUT2D eigenvalue weighted by Gasteiger charge is -2.09. The number of hydrazone groups is 1. The Morgan fingerprint density at radius 3 is 2.68 bits per heavy atom. The average Bonchev–Trinajstić information content (AvgIpc) is 3.01. The van der Waals surface area contributed by atoms with Crippen molar-refractivity contribution in [3.8, 4) is 0 Å². The van der Waals surface area contributed by atoms with Crippen LogP contribution in [0.1, 0.15) is 18.4 Å². The first-order chi connectivity index (χ1) is 10.6. The van der Waals surface area contributed by atoms with Crippen LogP contribution in [-0.4, -0.2) is 37.3 Å². The van der Waals surface area contributed by atoms with Crippen molar-refractivity contribution < 1.29 is 14.3 Å². The first kappa shape index (κ1) is 16.7. The molecule has 1 aliphatic rings. The Kier molecular flexibility index (Phi) is 6.18. The van der Waals surface area contributed by atoms with Crippen molar-refractivity contribution in [2.45, 2.75) is 18.9 Å². The van der Waals surface area contributed by atoms with Gasteiger partial charge in [0.2, 0.25) is 0 Å². The minimum atomic E-state index is -0.863. The van der Waals surface area contributed by atoms with E-state index in [0.29, 0.717) is 28.8 Å². The van der Waals surface area contributed by atoms with E-state index in [1.165, 1.54) is 6.21 Å². The van der Waals surface area contributed by atoms with E-state index in [-0.39, 0.29) is 6.10 Å². The second kappa shape index (κ2) is 8.12. The zero-order valence-corrected chi connectivity index (χ0v) is 13.2. The molecule has 1 aromatic carbocycles. The summed E-state index contributed by atoms with van der Waals surface area (Å²) >= 11 is 11.9. The summed E-state index contributed by atoms with van der Waals surface area (Å²) in [4.78, 5) is 23.1. The van der Waals surface area contributed by atoms with E-state index in [0.717, 1.165) is 12.8 Å². The van der Waals surface area contributed by atoms with Crippen molar-refractivity contribution in [1.82, 2.24) is 10.7 Å². The molecule has 2 rings (SSSR count). The van der Waals surface area contributed by atoms with Crippen molar-refractivity contribution in [3.63, 3.8) is 0 Å². The molecule has 22 heavy (non-hydrogen) atoms. The molecule has 0 bridgehead atoms. The van der Waals surface area contributed by atoms with Gasteiger partial charge in [-0.1, -0.05) is 29.3 Å². The summed E-state index contributed by atoms with van der Waals surface area (Å²) in [5.41, 5.74) is 2.58. The predicted molar refractivity (Wildman–Crippen MR) is 84.2 cm³/mol. The van der Waals surface area contributed by atoms with Gasteiger partial charge in [0.15, 0.2) is 0 Å². The van der Waals surface area contributed by atoms with Crippen molar-refractivity contribution >= 4 is 41.2 Å². The van der Waals surface area contributed by atoms with Gasteiger partial charge in [-0.15, -0.1) is 0 Å². The van der Waals surface area contributed by atoms with Crippen LogP contribution >= 0.6 is 23.2 Å². The molecule has 0 spiro atoms. The molecule has 1 aliphatic heterocycles. The minimum absolute atomic E-state index is 0.0258. The van der Waals surface area contributed by atoms with Crippen LogP contribution in [0.2, 0.25) is 10.0 Å². The largest absolute Gasteiger partial charge is 0.376 e. The second-order valence-electron chi connectivity index (χ2n) is 4.68. The number of halogens is 2. The number of carbonyl (C=O) groups excluding carboxylic acids is 2. The van der Waals surface area contributed by atoms with Gasteiger partial charge < -0.3 is 10.1 Å². The predicted octanol–water partition coefficient (Wildman–Crippen LogP) is 1.74. The lowest BCUT2D eigenvalue weighted by atomic mass is 10.2. The van der Waals surface area contributed by atoms with Gasteiger partial charge in [0.05, 0.1) is 22.4 Å². The number of rotatable bonds is 4. The molecule has 2 N–H and O–H groups in total. The number of ether oxygens (including phenoxy) is 1. The van der Waals surface area contributed by atoms with Crippen LogP contribution in [0.5, 0.6) is 0 Å².